The molecule has 2 heterocycles. The molecule has 8 heteroatoms. The largest absolute Gasteiger partial charge is 0.351 e. The van der Waals surface area contributed by atoms with E-state index in [1.54, 1.807) is 16.4 Å². The van der Waals surface area contributed by atoms with E-state index in [1.165, 1.54) is 6.33 Å². The van der Waals surface area contributed by atoms with Gasteiger partial charge in [0.25, 0.3) is 11.8 Å². The van der Waals surface area contributed by atoms with Gasteiger partial charge in [-0.1, -0.05) is 43.7 Å². The second-order valence-corrected chi connectivity index (χ2v) is 9.86. The molecule has 2 aromatic rings. The summed E-state index contributed by atoms with van der Waals surface area (Å²) >= 11 is 0. The SMILES string of the molecule is Cc1cccc(CNC(=O)C2(C)Cn3cnc(C(=O)NCCC(C)C)c3C(=O)N2C2CC2)c1. The Morgan fingerprint density at radius 2 is 2.00 bits per heavy atom. The third-order valence-corrected chi connectivity index (χ3v) is 6.43. The van der Waals surface area contributed by atoms with E-state index in [1.807, 2.05) is 31.2 Å². The monoisotopic (exact) mass is 451 g/mol. The van der Waals surface area contributed by atoms with E-state index in [9.17, 15) is 14.4 Å². The molecule has 1 aliphatic heterocycles. The molecule has 33 heavy (non-hydrogen) atoms. The Kier molecular flexibility index (Phi) is 6.28. The number of aromatic nitrogens is 2. The number of benzene rings is 1. The van der Waals surface area contributed by atoms with Gasteiger partial charge in [-0.3, -0.25) is 14.4 Å². The molecule has 0 saturated heterocycles. The number of nitrogens with zero attached hydrogens (tertiary/aromatic N) is 3. The minimum absolute atomic E-state index is 0.00715. The van der Waals surface area contributed by atoms with Crippen molar-refractivity contribution in [1.29, 1.82) is 0 Å². The zero-order chi connectivity index (χ0) is 23.8. The first-order chi connectivity index (χ1) is 15.7. The Morgan fingerprint density at radius 1 is 1.24 bits per heavy atom. The van der Waals surface area contributed by atoms with Crippen LogP contribution in [0.5, 0.6) is 0 Å². The van der Waals surface area contributed by atoms with Crippen LogP contribution in [0.4, 0.5) is 0 Å². The molecule has 0 radical (unpaired) electrons. The van der Waals surface area contributed by atoms with Gasteiger partial charge < -0.3 is 20.1 Å². The zero-order valence-corrected chi connectivity index (χ0v) is 19.9. The molecule has 1 aliphatic carbocycles. The van der Waals surface area contributed by atoms with E-state index in [2.05, 4.69) is 29.5 Å². The fourth-order valence-corrected chi connectivity index (χ4v) is 4.47. The summed E-state index contributed by atoms with van der Waals surface area (Å²) in [6.07, 6.45) is 4.07. The van der Waals surface area contributed by atoms with Crippen LogP contribution in [0.2, 0.25) is 0 Å². The quantitative estimate of drug-likeness (QED) is 0.645. The Hall–Kier alpha value is -3.16. The van der Waals surface area contributed by atoms with Gasteiger partial charge in [0.1, 0.15) is 11.2 Å². The standard InChI is InChI=1S/C25H33N5O3/c1-16(2)10-11-26-22(31)20-21-23(32)30(19-8-9-19)25(4,14-29(21)15-28-20)24(33)27-13-18-7-5-6-17(3)12-18/h5-7,12,15-16,19H,8-11,13-14H2,1-4H3,(H,26,31)(H,27,33). The normalized spacial score (nSPS) is 20.0. The molecule has 176 valence electrons. The Bertz CT molecular complexity index is 1070. The highest BCUT2D eigenvalue weighted by Gasteiger charge is 2.53. The van der Waals surface area contributed by atoms with Crippen molar-refractivity contribution < 1.29 is 14.4 Å². The summed E-state index contributed by atoms with van der Waals surface area (Å²) in [7, 11) is 0. The van der Waals surface area contributed by atoms with Gasteiger partial charge in [0.2, 0.25) is 5.91 Å². The zero-order valence-electron chi connectivity index (χ0n) is 19.9. The van der Waals surface area contributed by atoms with E-state index < -0.39 is 5.54 Å². The molecule has 1 saturated carbocycles. The van der Waals surface area contributed by atoms with Gasteiger partial charge in [0.05, 0.1) is 12.9 Å². The molecule has 1 fully saturated rings. The highest BCUT2D eigenvalue weighted by atomic mass is 16.2. The van der Waals surface area contributed by atoms with Crippen LogP contribution in [0.3, 0.4) is 0 Å². The van der Waals surface area contributed by atoms with Crippen molar-refractivity contribution in [3.8, 4) is 0 Å². The Morgan fingerprint density at radius 3 is 2.67 bits per heavy atom. The van der Waals surface area contributed by atoms with E-state index >= 15 is 0 Å². The topological polar surface area (TPSA) is 96.3 Å². The number of imidazole rings is 1. The lowest BCUT2D eigenvalue weighted by Gasteiger charge is -2.44. The number of fused-ring (bicyclic) bond motifs is 1. The molecule has 8 nitrogen and oxygen atoms in total. The van der Waals surface area contributed by atoms with Crippen molar-refractivity contribution in [2.45, 2.75) is 71.6 Å². The van der Waals surface area contributed by atoms with Gasteiger partial charge in [-0.25, -0.2) is 4.98 Å². The van der Waals surface area contributed by atoms with E-state index in [4.69, 9.17) is 0 Å². The molecule has 3 amide bonds. The molecule has 1 aromatic heterocycles. The molecule has 2 N–H and O–H groups in total. The lowest BCUT2D eigenvalue weighted by Crippen LogP contribution is -2.64. The van der Waals surface area contributed by atoms with Crippen LogP contribution in [-0.2, 0) is 17.9 Å². The predicted octanol–water partition coefficient (Wildman–Crippen LogP) is 2.66. The summed E-state index contributed by atoms with van der Waals surface area (Å²) in [4.78, 5) is 45.7. The van der Waals surface area contributed by atoms with Crippen molar-refractivity contribution in [1.82, 2.24) is 25.1 Å². The van der Waals surface area contributed by atoms with Crippen LogP contribution in [0.1, 0.15) is 72.1 Å². The van der Waals surface area contributed by atoms with Crippen molar-refractivity contribution >= 4 is 17.7 Å². The van der Waals surface area contributed by atoms with Gasteiger partial charge in [-0.2, -0.15) is 0 Å². The van der Waals surface area contributed by atoms with E-state index in [-0.39, 0.29) is 41.7 Å². The van der Waals surface area contributed by atoms with Gasteiger partial charge in [-0.15, -0.1) is 0 Å². The summed E-state index contributed by atoms with van der Waals surface area (Å²) in [5.74, 6) is -0.386. The first kappa shape index (κ1) is 23.0. The van der Waals surface area contributed by atoms with E-state index in [0.717, 1.165) is 30.4 Å². The number of amides is 3. The lowest BCUT2D eigenvalue weighted by molar-refractivity contribution is -0.133. The van der Waals surface area contributed by atoms with Gasteiger partial charge in [-0.05, 0) is 44.6 Å². The summed E-state index contributed by atoms with van der Waals surface area (Å²) < 4.78 is 1.66. The molecular formula is C25H33N5O3. The minimum atomic E-state index is -1.05. The van der Waals surface area contributed by atoms with Crippen LogP contribution < -0.4 is 10.6 Å². The molecular weight excluding hydrogens is 418 g/mol. The van der Waals surface area contributed by atoms with Crippen LogP contribution >= 0.6 is 0 Å². The number of carbonyl (C=O) groups is 3. The van der Waals surface area contributed by atoms with Crippen molar-refractivity contribution in [2.24, 2.45) is 5.92 Å². The molecule has 1 aromatic carbocycles. The van der Waals surface area contributed by atoms with Crippen molar-refractivity contribution in [3.05, 3.63) is 53.1 Å². The third kappa shape index (κ3) is 4.65. The number of aryl methyl sites for hydroxylation is 1. The minimum Gasteiger partial charge on any atom is -0.351 e. The van der Waals surface area contributed by atoms with Gasteiger partial charge in [0, 0.05) is 19.1 Å². The lowest BCUT2D eigenvalue weighted by atomic mass is 9.93. The first-order valence-electron chi connectivity index (χ1n) is 11.7. The second kappa shape index (κ2) is 9.00. The summed E-state index contributed by atoms with van der Waals surface area (Å²) in [6.45, 7) is 9.18. The molecule has 4 rings (SSSR count). The van der Waals surface area contributed by atoms with Crippen LogP contribution in [-0.4, -0.2) is 50.3 Å². The summed E-state index contributed by atoms with van der Waals surface area (Å²) in [6, 6.07) is 7.99. The smallest absolute Gasteiger partial charge is 0.274 e. The van der Waals surface area contributed by atoms with E-state index in [0.29, 0.717) is 19.0 Å². The summed E-state index contributed by atoms with van der Waals surface area (Å²) in [5, 5.41) is 5.89. The number of rotatable bonds is 8. The highest BCUT2D eigenvalue weighted by Crippen LogP contribution is 2.38. The maximum atomic E-state index is 13.6. The predicted molar refractivity (Wildman–Crippen MR) is 125 cm³/mol. The second-order valence-electron chi connectivity index (χ2n) is 9.86. The average Bonchev–Trinajstić information content (AvgIpc) is 3.49. The number of carbonyl (C=O) groups excluding carboxylic acids is 3. The molecule has 0 spiro atoms. The number of hydrogen-bond acceptors (Lipinski definition) is 4. The van der Waals surface area contributed by atoms with Crippen LogP contribution in [0.25, 0.3) is 0 Å². The number of nitrogens with one attached hydrogen (secondary N) is 2. The maximum Gasteiger partial charge on any atom is 0.274 e. The van der Waals surface area contributed by atoms with Crippen molar-refractivity contribution in [3.63, 3.8) is 0 Å². The molecule has 0 bridgehead atoms. The van der Waals surface area contributed by atoms with Gasteiger partial charge in [0.15, 0.2) is 5.69 Å². The third-order valence-electron chi connectivity index (χ3n) is 6.43. The highest BCUT2D eigenvalue weighted by molar-refractivity contribution is 6.07. The first-order valence-corrected chi connectivity index (χ1v) is 11.7. The molecule has 2 aliphatic rings. The fourth-order valence-electron chi connectivity index (χ4n) is 4.47. The maximum absolute atomic E-state index is 13.6. The van der Waals surface area contributed by atoms with Gasteiger partial charge >= 0.3 is 0 Å². The fraction of sp³-hybridized carbons (Fsp3) is 0.520. The average molecular weight is 452 g/mol. The Balaban J connectivity index is 1.55. The van der Waals surface area contributed by atoms with Crippen LogP contribution in [0, 0.1) is 12.8 Å². The van der Waals surface area contributed by atoms with Crippen molar-refractivity contribution in [2.75, 3.05) is 6.54 Å². The number of hydrogen-bond donors (Lipinski definition) is 2. The molecule has 1 atom stereocenters. The molecule has 1 unspecified atom stereocenters. The Labute approximate surface area is 194 Å². The van der Waals surface area contributed by atoms with Crippen LogP contribution in [0.15, 0.2) is 30.6 Å². The summed E-state index contributed by atoms with van der Waals surface area (Å²) in [5.41, 5.74) is 1.49.